The molecule has 0 saturated heterocycles. The summed E-state index contributed by atoms with van der Waals surface area (Å²) in [5.74, 6) is -0.366. The van der Waals surface area contributed by atoms with Crippen LogP contribution in [-0.4, -0.2) is 24.7 Å². The van der Waals surface area contributed by atoms with Crippen molar-refractivity contribution in [1.82, 2.24) is 14.5 Å². The van der Waals surface area contributed by atoms with Crippen LogP contribution in [0.15, 0.2) is 35.4 Å². The average Bonchev–Trinajstić information content (AvgIpc) is 2.78. The van der Waals surface area contributed by atoms with Crippen LogP contribution in [0.5, 0.6) is 0 Å². The number of nitrogens with zero attached hydrogens (tertiary/aromatic N) is 2. The second-order valence-corrected chi connectivity index (χ2v) is 6.76. The molecule has 0 aliphatic heterocycles. The number of halogens is 1. The Hall–Kier alpha value is -1.73. The summed E-state index contributed by atoms with van der Waals surface area (Å²) in [4.78, 5) is 0.177. The van der Waals surface area contributed by atoms with Crippen molar-refractivity contribution in [2.24, 2.45) is 7.05 Å². The minimum absolute atomic E-state index is 0.0580. The van der Waals surface area contributed by atoms with Gasteiger partial charge in [0.1, 0.15) is 10.7 Å². The molecule has 2 rings (SSSR count). The Bertz CT molecular complexity index is 723. The van der Waals surface area contributed by atoms with Gasteiger partial charge in [-0.3, -0.25) is 4.68 Å². The van der Waals surface area contributed by atoms with Gasteiger partial charge in [0.15, 0.2) is 0 Å². The zero-order valence-electron chi connectivity index (χ0n) is 12.2. The van der Waals surface area contributed by atoms with Crippen LogP contribution in [0.2, 0.25) is 0 Å². The quantitative estimate of drug-likeness (QED) is 0.918. The van der Waals surface area contributed by atoms with E-state index in [1.807, 2.05) is 6.92 Å². The number of aromatic nitrogens is 2. The first-order valence-electron chi connectivity index (χ1n) is 6.55. The van der Waals surface area contributed by atoms with Crippen LogP contribution in [0.3, 0.4) is 0 Å². The molecule has 7 heteroatoms. The molecule has 5 nitrogen and oxygen atoms in total. The predicted octanol–water partition coefficient (Wildman–Crippen LogP) is 1.95. The van der Waals surface area contributed by atoms with Gasteiger partial charge >= 0.3 is 0 Å². The van der Waals surface area contributed by atoms with E-state index in [0.717, 1.165) is 5.56 Å². The molecular weight excluding hydrogens is 293 g/mol. The number of sulfonamides is 1. The molecule has 0 spiro atoms. The lowest BCUT2D eigenvalue weighted by Crippen LogP contribution is -2.28. The summed E-state index contributed by atoms with van der Waals surface area (Å²) in [6, 6.07) is 6.05. The number of rotatable bonds is 5. The molecular formula is C14H18FN3O2S. The summed E-state index contributed by atoms with van der Waals surface area (Å²) >= 11 is 0. The number of hydrogen-bond acceptors (Lipinski definition) is 3. The van der Waals surface area contributed by atoms with E-state index in [9.17, 15) is 12.8 Å². The molecule has 0 amide bonds. The Balaban J connectivity index is 2.08. The van der Waals surface area contributed by atoms with Crippen LogP contribution in [0.4, 0.5) is 4.39 Å². The predicted molar refractivity (Wildman–Crippen MR) is 77.9 cm³/mol. The Kier molecular flexibility index (Phi) is 4.43. The average molecular weight is 311 g/mol. The third kappa shape index (κ3) is 3.48. The normalized spacial score (nSPS) is 13.3. The Morgan fingerprint density at radius 1 is 1.33 bits per heavy atom. The molecule has 1 N–H and O–H groups in total. The van der Waals surface area contributed by atoms with E-state index in [-0.39, 0.29) is 23.2 Å². The van der Waals surface area contributed by atoms with Crippen molar-refractivity contribution in [3.05, 3.63) is 47.5 Å². The molecule has 0 aliphatic rings. The summed E-state index contributed by atoms with van der Waals surface area (Å²) in [5.41, 5.74) is 1.46. The molecule has 1 atom stereocenters. The number of hydrogen-bond donors (Lipinski definition) is 1. The maximum Gasteiger partial charge on any atom is 0.243 e. The summed E-state index contributed by atoms with van der Waals surface area (Å²) in [6.07, 6.45) is 1.33. The summed E-state index contributed by atoms with van der Waals surface area (Å²) in [5, 5.41) is 3.93. The van der Waals surface area contributed by atoms with Gasteiger partial charge in [-0.2, -0.15) is 5.10 Å². The van der Waals surface area contributed by atoms with Gasteiger partial charge in [-0.15, -0.1) is 0 Å². The third-order valence-corrected chi connectivity index (χ3v) is 5.02. The topological polar surface area (TPSA) is 64.0 Å². The van der Waals surface area contributed by atoms with Crippen molar-refractivity contribution in [1.29, 1.82) is 0 Å². The first-order valence-corrected chi connectivity index (χ1v) is 8.03. The van der Waals surface area contributed by atoms with Crippen molar-refractivity contribution >= 4 is 10.0 Å². The molecule has 1 aromatic heterocycles. The van der Waals surface area contributed by atoms with Crippen molar-refractivity contribution < 1.29 is 12.8 Å². The minimum Gasteiger partial charge on any atom is -0.272 e. The Morgan fingerprint density at radius 3 is 2.48 bits per heavy atom. The monoisotopic (exact) mass is 311 g/mol. The lowest BCUT2D eigenvalue weighted by atomic mass is 10.0. The zero-order valence-corrected chi connectivity index (χ0v) is 13.0. The van der Waals surface area contributed by atoms with Gasteiger partial charge in [-0.1, -0.05) is 19.1 Å². The fourth-order valence-corrected chi connectivity index (χ4v) is 3.30. The van der Waals surface area contributed by atoms with E-state index in [2.05, 4.69) is 9.82 Å². The van der Waals surface area contributed by atoms with E-state index in [1.54, 1.807) is 26.1 Å². The minimum atomic E-state index is -3.59. The zero-order chi connectivity index (χ0) is 15.6. The highest BCUT2D eigenvalue weighted by atomic mass is 32.2. The highest BCUT2D eigenvalue weighted by Gasteiger charge is 2.20. The molecule has 1 heterocycles. The standard InChI is InChI=1S/C14H18FN3O2S/c1-10(12-4-6-13(15)7-5-12)8-17-21(19,20)14-9-16-18(3)11(14)2/h4-7,9-10,17H,8H2,1-3H3. The molecule has 2 aromatic rings. The van der Waals surface area contributed by atoms with Crippen LogP contribution < -0.4 is 4.72 Å². The van der Waals surface area contributed by atoms with Crippen LogP contribution in [0.25, 0.3) is 0 Å². The fraction of sp³-hybridized carbons (Fsp3) is 0.357. The molecule has 21 heavy (non-hydrogen) atoms. The first-order chi connectivity index (χ1) is 9.81. The number of nitrogens with one attached hydrogen (secondary N) is 1. The maximum atomic E-state index is 12.9. The maximum absolute atomic E-state index is 12.9. The molecule has 114 valence electrons. The van der Waals surface area contributed by atoms with Gasteiger partial charge in [0.2, 0.25) is 10.0 Å². The third-order valence-electron chi connectivity index (χ3n) is 3.50. The van der Waals surface area contributed by atoms with Gasteiger partial charge in [0.05, 0.1) is 11.9 Å². The number of benzene rings is 1. The van der Waals surface area contributed by atoms with Crippen LogP contribution in [-0.2, 0) is 17.1 Å². The van der Waals surface area contributed by atoms with Crippen molar-refractivity contribution in [3.8, 4) is 0 Å². The molecule has 0 fully saturated rings. The largest absolute Gasteiger partial charge is 0.272 e. The van der Waals surface area contributed by atoms with Crippen LogP contribution in [0, 0.1) is 12.7 Å². The summed E-state index contributed by atoms with van der Waals surface area (Å²) < 4.78 is 41.4. The van der Waals surface area contributed by atoms with E-state index in [1.165, 1.54) is 23.0 Å². The van der Waals surface area contributed by atoms with E-state index >= 15 is 0 Å². The SMILES string of the molecule is Cc1c(S(=O)(=O)NCC(C)c2ccc(F)cc2)cnn1C. The van der Waals surface area contributed by atoms with Crippen molar-refractivity contribution in [2.75, 3.05) is 6.54 Å². The highest BCUT2D eigenvalue weighted by molar-refractivity contribution is 7.89. The smallest absolute Gasteiger partial charge is 0.243 e. The Morgan fingerprint density at radius 2 is 1.95 bits per heavy atom. The summed E-state index contributed by atoms with van der Waals surface area (Å²) in [6.45, 7) is 3.82. The van der Waals surface area contributed by atoms with Crippen LogP contribution >= 0.6 is 0 Å². The molecule has 1 unspecified atom stereocenters. The van der Waals surface area contributed by atoms with Gasteiger partial charge < -0.3 is 0 Å². The molecule has 0 bridgehead atoms. The lowest BCUT2D eigenvalue weighted by molar-refractivity contribution is 0.573. The first kappa shape index (κ1) is 15.7. The van der Waals surface area contributed by atoms with E-state index in [4.69, 9.17) is 0 Å². The van der Waals surface area contributed by atoms with Crippen molar-refractivity contribution in [2.45, 2.75) is 24.7 Å². The second-order valence-electron chi connectivity index (χ2n) is 5.02. The van der Waals surface area contributed by atoms with Gasteiger partial charge in [-0.25, -0.2) is 17.5 Å². The van der Waals surface area contributed by atoms with Crippen LogP contribution in [0.1, 0.15) is 24.1 Å². The number of aryl methyl sites for hydroxylation is 1. The Labute approximate surface area is 123 Å². The van der Waals surface area contributed by atoms with E-state index < -0.39 is 10.0 Å². The molecule has 0 radical (unpaired) electrons. The van der Waals surface area contributed by atoms with Gasteiger partial charge in [0.25, 0.3) is 0 Å². The summed E-state index contributed by atoms with van der Waals surface area (Å²) in [7, 11) is -1.90. The molecule has 0 aliphatic carbocycles. The molecule has 0 saturated carbocycles. The van der Waals surface area contributed by atoms with Crippen molar-refractivity contribution in [3.63, 3.8) is 0 Å². The van der Waals surface area contributed by atoms with E-state index in [0.29, 0.717) is 5.69 Å². The lowest BCUT2D eigenvalue weighted by Gasteiger charge is -2.13. The highest BCUT2D eigenvalue weighted by Crippen LogP contribution is 2.17. The fourth-order valence-electron chi connectivity index (χ4n) is 1.96. The molecule has 1 aromatic carbocycles. The van der Waals surface area contributed by atoms with Gasteiger partial charge in [-0.05, 0) is 30.5 Å². The second kappa shape index (κ2) is 5.95. The van der Waals surface area contributed by atoms with Gasteiger partial charge in [0, 0.05) is 13.6 Å².